The van der Waals surface area contributed by atoms with Gasteiger partial charge in [0, 0.05) is 24.7 Å². The number of likely N-dealkylation sites (tertiary alicyclic amines) is 2. The summed E-state index contributed by atoms with van der Waals surface area (Å²) < 4.78 is 0. The average Bonchev–Trinajstić information content (AvgIpc) is 3.08. The van der Waals surface area contributed by atoms with Gasteiger partial charge in [-0.3, -0.25) is 19.8 Å². The number of aryl methyl sites for hydroxylation is 1. The van der Waals surface area contributed by atoms with E-state index in [0.717, 1.165) is 25.9 Å². The van der Waals surface area contributed by atoms with Gasteiger partial charge < -0.3 is 4.90 Å². The molecule has 2 heterocycles. The molecule has 1 unspecified atom stereocenters. The zero-order valence-corrected chi connectivity index (χ0v) is 13.5. The van der Waals surface area contributed by atoms with Gasteiger partial charge in [-0.2, -0.15) is 0 Å². The Kier molecular flexibility index (Phi) is 4.61. The third kappa shape index (κ3) is 3.22. The molecule has 3 rings (SSSR count). The SMILES string of the molecule is Cc1cccc(C(=O)N2CCCC(N3CCCC3)C2)c1[N+](=O)[O-]. The van der Waals surface area contributed by atoms with Crippen molar-refractivity contribution in [2.45, 2.75) is 38.6 Å². The first-order valence-electron chi connectivity index (χ1n) is 8.35. The van der Waals surface area contributed by atoms with Gasteiger partial charge in [0.15, 0.2) is 0 Å². The van der Waals surface area contributed by atoms with Gasteiger partial charge in [0.25, 0.3) is 11.6 Å². The smallest absolute Gasteiger partial charge is 0.285 e. The van der Waals surface area contributed by atoms with Crippen molar-refractivity contribution in [1.29, 1.82) is 0 Å². The molecule has 0 spiro atoms. The number of nitrogens with zero attached hydrogens (tertiary/aromatic N) is 3. The molecule has 0 aliphatic carbocycles. The van der Waals surface area contributed by atoms with E-state index in [1.165, 1.54) is 12.8 Å². The lowest BCUT2D eigenvalue weighted by Crippen LogP contribution is -2.49. The van der Waals surface area contributed by atoms with Crippen molar-refractivity contribution in [2.24, 2.45) is 0 Å². The highest BCUT2D eigenvalue weighted by molar-refractivity contribution is 5.98. The highest BCUT2D eigenvalue weighted by Gasteiger charge is 2.32. The highest BCUT2D eigenvalue weighted by Crippen LogP contribution is 2.27. The molecule has 23 heavy (non-hydrogen) atoms. The van der Waals surface area contributed by atoms with Crippen molar-refractivity contribution in [3.8, 4) is 0 Å². The summed E-state index contributed by atoms with van der Waals surface area (Å²) in [5, 5.41) is 11.3. The normalized spacial score (nSPS) is 22.3. The molecule has 1 aromatic carbocycles. The van der Waals surface area contributed by atoms with Crippen LogP contribution in [0, 0.1) is 17.0 Å². The Hall–Kier alpha value is -1.95. The Bertz CT molecular complexity index is 611. The van der Waals surface area contributed by atoms with Crippen LogP contribution >= 0.6 is 0 Å². The van der Waals surface area contributed by atoms with E-state index in [9.17, 15) is 14.9 Å². The summed E-state index contributed by atoms with van der Waals surface area (Å²) in [5.74, 6) is -0.204. The van der Waals surface area contributed by atoms with E-state index in [-0.39, 0.29) is 17.2 Å². The van der Waals surface area contributed by atoms with Crippen LogP contribution in [0.5, 0.6) is 0 Å². The minimum Gasteiger partial charge on any atom is -0.337 e. The van der Waals surface area contributed by atoms with Crippen LogP contribution in [0.3, 0.4) is 0 Å². The number of piperidine rings is 1. The zero-order valence-electron chi connectivity index (χ0n) is 13.5. The first kappa shape index (κ1) is 15.9. The Morgan fingerprint density at radius 1 is 1.22 bits per heavy atom. The lowest BCUT2D eigenvalue weighted by Gasteiger charge is -2.37. The predicted molar refractivity (Wildman–Crippen MR) is 87.6 cm³/mol. The fourth-order valence-corrected chi connectivity index (χ4v) is 3.79. The summed E-state index contributed by atoms with van der Waals surface area (Å²) in [6.45, 7) is 5.27. The van der Waals surface area contributed by atoms with Crippen LogP contribution in [0.15, 0.2) is 18.2 Å². The zero-order chi connectivity index (χ0) is 16.4. The number of hydrogen-bond donors (Lipinski definition) is 0. The van der Waals surface area contributed by atoms with Crippen LogP contribution in [0.25, 0.3) is 0 Å². The second kappa shape index (κ2) is 6.66. The van der Waals surface area contributed by atoms with Crippen LogP contribution in [0.2, 0.25) is 0 Å². The van der Waals surface area contributed by atoms with Gasteiger partial charge in [0.05, 0.1) is 4.92 Å². The second-order valence-electron chi connectivity index (χ2n) is 6.52. The first-order chi connectivity index (χ1) is 11.1. The largest absolute Gasteiger partial charge is 0.337 e. The number of benzene rings is 1. The van der Waals surface area contributed by atoms with E-state index in [1.54, 1.807) is 30.0 Å². The molecule has 0 saturated carbocycles. The first-order valence-corrected chi connectivity index (χ1v) is 8.35. The van der Waals surface area contributed by atoms with Crippen LogP contribution in [0.4, 0.5) is 5.69 Å². The third-order valence-electron chi connectivity index (χ3n) is 4.99. The summed E-state index contributed by atoms with van der Waals surface area (Å²) in [7, 11) is 0. The number of carbonyl (C=O) groups is 1. The van der Waals surface area contributed by atoms with Gasteiger partial charge >= 0.3 is 0 Å². The summed E-state index contributed by atoms with van der Waals surface area (Å²) >= 11 is 0. The van der Waals surface area contributed by atoms with Crippen LogP contribution in [-0.4, -0.2) is 52.9 Å². The summed E-state index contributed by atoms with van der Waals surface area (Å²) in [6.07, 6.45) is 4.54. The Labute approximate surface area is 136 Å². The van der Waals surface area contributed by atoms with E-state index in [2.05, 4.69) is 4.90 Å². The molecule has 0 radical (unpaired) electrons. The number of rotatable bonds is 3. The highest BCUT2D eigenvalue weighted by atomic mass is 16.6. The second-order valence-corrected chi connectivity index (χ2v) is 6.52. The molecule has 2 aliphatic rings. The standard InChI is InChI=1S/C17H23N3O3/c1-13-6-4-8-15(16(13)20(22)23)17(21)19-11-5-7-14(12-19)18-9-2-3-10-18/h4,6,8,14H,2-3,5,7,9-12H2,1H3. The maximum atomic E-state index is 12.8. The Morgan fingerprint density at radius 2 is 1.96 bits per heavy atom. The number of para-hydroxylation sites is 1. The molecule has 6 nitrogen and oxygen atoms in total. The fraction of sp³-hybridized carbons (Fsp3) is 0.588. The predicted octanol–water partition coefficient (Wildman–Crippen LogP) is 2.60. The van der Waals surface area contributed by atoms with Gasteiger partial charge in [-0.1, -0.05) is 12.1 Å². The van der Waals surface area contributed by atoms with Crippen LogP contribution in [-0.2, 0) is 0 Å². The van der Waals surface area contributed by atoms with Crippen molar-refractivity contribution < 1.29 is 9.72 Å². The molecule has 124 valence electrons. The topological polar surface area (TPSA) is 66.7 Å². The number of nitro groups is 1. The van der Waals surface area contributed by atoms with Crippen LogP contribution in [0.1, 0.15) is 41.6 Å². The van der Waals surface area contributed by atoms with Crippen molar-refractivity contribution in [2.75, 3.05) is 26.2 Å². The molecule has 2 aliphatic heterocycles. The van der Waals surface area contributed by atoms with Gasteiger partial charge in [-0.25, -0.2) is 0 Å². The molecule has 1 amide bonds. The summed E-state index contributed by atoms with van der Waals surface area (Å²) in [4.78, 5) is 28.0. The van der Waals surface area contributed by atoms with Crippen molar-refractivity contribution in [3.63, 3.8) is 0 Å². The minimum absolute atomic E-state index is 0.0548. The molecular weight excluding hydrogens is 294 g/mol. The number of amides is 1. The van der Waals surface area contributed by atoms with E-state index in [1.807, 2.05) is 0 Å². The summed E-state index contributed by atoms with van der Waals surface area (Å²) in [6, 6.07) is 5.38. The monoisotopic (exact) mass is 317 g/mol. The number of nitro benzene ring substituents is 1. The van der Waals surface area contributed by atoms with Gasteiger partial charge in [0.2, 0.25) is 0 Å². The molecule has 0 N–H and O–H groups in total. The molecule has 1 aromatic rings. The van der Waals surface area contributed by atoms with E-state index in [4.69, 9.17) is 0 Å². The molecule has 2 saturated heterocycles. The lowest BCUT2D eigenvalue weighted by molar-refractivity contribution is -0.385. The maximum absolute atomic E-state index is 12.8. The molecule has 6 heteroatoms. The quantitative estimate of drug-likeness (QED) is 0.635. The maximum Gasteiger partial charge on any atom is 0.285 e. The van der Waals surface area contributed by atoms with Gasteiger partial charge in [-0.15, -0.1) is 0 Å². The average molecular weight is 317 g/mol. The lowest BCUT2D eigenvalue weighted by atomic mass is 10.0. The Balaban J connectivity index is 1.80. The molecule has 0 bridgehead atoms. The van der Waals surface area contributed by atoms with Crippen LogP contribution < -0.4 is 0 Å². The van der Waals surface area contributed by atoms with Gasteiger partial charge in [-0.05, 0) is 51.8 Å². The van der Waals surface area contributed by atoms with E-state index in [0.29, 0.717) is 24.7 Å². The molecular formula is C17H23N3O3. The third-order valence-corrected chi connectivity index (χ3v) is 4.99. The Morgan fingerprint density at radius 3 is 2.65 bits per heavy atom. The molecule has 1 atom stereocenters. The van der Waals surface area contributed by atoms with Crippen molar-refractivity contribution in [3.05, 3.63) is 39.4 Å². The molecule has 0 aromatic heterocycles. The number of carbonyl (C=O) groups excluding carboxylic acids is 1. The van der Waals surface area contributed by atoms with Crippen molar-refractivity contribution >= 4 is 11.6 Å². The molecule has 2 fully saturated rings. The van der Waals surface area contributed by atoms with Crippen molar-refractivity contribution in [1.82, 2.24) is 9.80 Å². The fourth-order valence-electron chi connectivity index (χ4n) is 3.79. The van der Waals surface area contributed by atoms with Gasteiger partial charge in [0.1, 0.15) is 5.56 Å². The summed E-state index contributed by atoms with van der Waals surface area (Å²) in [5.41, 5.74) is 0.701. The van der Waals surface area contributed by atoms with E-state index >= 15 is 0 Å². The minimum atomic E-state index is -0.440. The van der Waals surface area contributed by atoms with E-state index < -0.39 is 4.92 Å². The number of hydrogen-bond acceptors (Lipinski definition) is 4.